The Morgan fingerprint density at radius 2 is 2.57 bits per heavy atom. The summed E-state index contributed by atoms with van der Waals surface area (Å²) in [6, 6.07) is 0. The Labute approximate surface area is 49.7 Å². The normalized spacial score (nSPS) is 26.7. The molecule has 0 aromatic carbocycles. The minimum absolute atomic E-state index is 0.600. The smallest absolute Gasteiger partial charge is 0.0300 e. The molecule has 0 aliphatic heterocycles. The number of hydrogen-bond acceptors (Lipinski definition) is 1. The van der Waals surface area contributed by atoms with Gasteiger partial charge in [-0.1, -0.05) is 5.92 Å². The van der Waals surface area contributed by atoms with Crippen molar-refractivity contribution in [2.75, 3.05) is 5.75 Å². The van der Waals surface area contributed by atoms with E-state index >= 15 is 0 Å². The average Bonchev–Trinajstić information content (AvgIpc) is 2.14. The maximum atomic E-state index is 4.11. The second-order valence-electron chi connectivity index (χ2n) is 1.74. The second kappa shape index (κ2) is 2.28. The Hall–Kier alpha value is -0.0900. The molecular formula is C6H8S. The second-order valence-corrected chi connectivity index (χ2v) is 2.10. The first kappa shape index (κ1) is 5.05. The standard InChI is InChI=1S/C6H8S/c7-5-6-3-1-2-4-6/h6-7H,1,3,5H2. The summed E-state index contributed by atoms with van der Waals surface area (Å²) in [5, 5.41) is 0. The van der Waals surface area contributed by atoms with Gasteiger partial charge in [0.05, 0.1) is 0 Å². The molecule has 0 N–H and O–H groups in total. The van der Waals surface area contributed by atoms with Gasteiger partial charge in [-0.15, -0.1) is 5.92 Å². The van der Waals surface area contributed by atoms with Crippen LogP contribution >= 0.6 is 12.6 Å². The molecule has 0 nitrogen and oxygen atoms in total. The molecule has 0 radical (unpaired) electrons. The SMILES string of the molecule is SCC1C#CCC1. The fourth-order valence-corrected chi connectivity index (χ4v) is 0.946. The molecule has 0 saturated carbocycles. The minimum Gasteiger partial charge on any atom is -0.178 e. The van der Waals surface area contributed by atoms with Crippen LogP contribution in [0.4, 0.5) is 0 Å². The molecule has 0 amide bonds. The number of thiol groups is 1. The van der Waals surface area contributed by atoms with Crippen LogP contribution in [0.25, 0.3) is 0 Å². The summed E-state index contributed by atoms with van der Waals surface area (Å²) >= 11 is 4.11. The van der Waals surface area contributed by atoms with Crippen molar-refractivity contribution in [3.63, 3.8) is 0 Å². The van der Waals surface area contributed by atoms with E-state index in [1.807, 2.05) is 0 Å². The lowest BCUT2D eigenvalue weighted by molar-refractivity contribution is 0.727. The van der Waals surface area contributed by atoms with Gasteiger partial charge in [0.1, 0.15) is 0 Å². The highest BCUT2D eigenvalue weighted by molar-refractivity contribution is 7.80. The predicted molar refractivity (Wildman–Crippen MR) is 34.4 cm³/mol. The van der Waals surface area contributed by atoms with Crippen molar-refractivity contribution in [2.45, 2.75) is 12.8 Å². The molecule has 0 bridgehead atoms. The molecule has 1 unspecified atom stereocenters. The summed E-state index contributed by atoms with van der Waals surface area (Å²) in [7, 11) is 0. The van der Waals surface area contributed by atoms with Gasteiger partial charge >= 0.3 is 0 Å². The Balaban J connectivity index is 2.33. The first-order chi connectivity index (χ1) is 3.43. The Bertz CT molecular complexity index is 107. The van der Waals surface area contributed by atoms with E-state index in [0.717, 1.165) is 12.2 Å². The van der Waals surface area contributed by atoms with Crippen LogP contribution in [0.3, 0.4) is 0 Å². The van der Waals surface area contributed by atoms with Crippen molar-refractivity contribution in [1.82, 2.24) is 0 Å². The lowest BCUT2D eigenvalue weighted by Gasteiger charge is -1.95. The van der Waals surface area contributed by atoms with E-state index in [-0.39, 0.29) is 0 Å². The van der Waals surface area contributed by atoms with E-state index in [1.54, 1.807) is 0 Å². The van der Waals surface area contributed by atoms with Crippen LogP contribution < -0.4 is 0 Å². The van der Waals surface area contributed by atoms with E-state index in [1.165, 1.54) is 6.42 Å². The molecule has 7 heavy (non-hydrogen) atoms. The van der Waals surface area contributed by atoms with Crippen molar-refractivity contribution in [2.24, 2.45) is 5.92 Å². The third-order valence-electron chi connectivity index (χ3n) is 1.14. The van der Waals surface area contributed by atoms with Crippen LogP contribution in [0, 0.1) is 17.8 Å². The van der Waals surface area contributed by atoms with E-state index in [0.29, 0.717) is 5.92 Å². The first-order valence-electron chi connectivity index (χ1n) is 2.52. The van der Waals surface area contributed by atoms with Crippen molar-refractivity contribution < 1.29 is 0 Å². The molecule has 1 aliphatic rings. The van der Waals surface area contributed by atoms with Crippen molar-refractivity contribution in [3.8, 4) is 11.8 Å². The predicted octanol–water partition coefficient (Wildman–Crippen LogP) is 1.33. The van der Waals surface area contributed by atoms with Gasteiger partial charge in [-0.05, 0) is 6.42 Å². The van der Waals surface area contributed by atoms with Crippen LogP contribution in [-0.2, 0) is 0 Å². The minimum atomic E-state index is 0.600. The third kappa shape index (κ3) is 1.14. The van der Waals surface area contributed by atoms with Gasteiger partial charge in [0.2, 0.25) is 0 Å². The lowest BCUT2D eigenvalue weighted by Crippen LogP contribution is -1.91. The highest BCUT2D eigenvalue weighted by Crippen LogP contribution is 2.10. The monoisotopic (exact) mass is 112 g/mol. The molecule has 0 heterocycles. The fourth-order valence-electron chi connectivity index (χ4n) is 0.672. The Morgan fingerprint density at radius 3 is 2.86 bits per heavy atom. The summed E-state index contributed by atoms with van der Waals surface area (Å²) in [4.78, 5) is 0. The van der Waals surface area contributed by atoms with Gasteiger partial charge in [-0.2, -0.15) is 12.6 Å². The summed E-state index contributed by atoms with van der Waals surface area (Å²) in [5.74, 6) is 7.64. The van der Waals surface area contributed by atoms with Gasteiger partial charge in [-0.25, -0.2) is 0 Å². The zero-order valence-electron chi connectivity index (χ0n) is 4.15. The van der Waals surface area contributed by atoms with Gasteiger partial charge in [0.25, 0.3) is 0 Å². The van der Waals surface area contributed by atoms with Crippen LogP contribution in [0.5, 0.6) is 0 Å². The van der Waals surface area contributed by atoms with Crippen LogP contribution in [0.2, 0.25) is 0 Å². The maximum Gasteiger partial charge on any atom is 0.0300 e. The van der Waals surface area contributed by atoms with Crippen LogP contribution in [0.1, 0.15) is 12.8 Å². The lowest BCUT2D eigenvalue weighted by atomic mass is 10.2. The van der Waals surface area contributed by atoms with Crippen molar-refractivity contribution in [1.29, 1.82) is 0 Å². The summed E-state index contributed by atoms with van der Waals surface area (Å²) in [5.41, 5.74) is 0. The maximum absolute atomic E-state index is 4.11. The highest BCUT2D eigenvalue weighted by atomic mass is 32.1. The molecular weight excluding hydrogens is 104 g/mol. The number of rotatable bonds is 1. The summed E-state index contributed by atoms with van der Waals surface area (Å²) < 4.78 is 0. The summed E-state index contributed by atoms with van der Waals surface area (Å²) in [6.45, 7) is 0. The molecule has 0 fully saturated rings. The quantitative estimate of drug-likeness (QED) is 0.384. The molecule has 1 aliphatic carbocycles. The Morgan fingerprint density at radius 1 is 1.71 bits per heavy atom. The fraction of sp³-hybridized carbons (Fsp3) is 0.667. The van der Waals surface area contributed by atoms with Crippen LogP contribution in [0.15, 0.2) is 0 Å². The molecule has 0 spiro atoms. The third-order valence-corrected chi connectivity index (χ3v) is 1.59. The van der Waals surface area contributed by atoms with E-state index in [9.17, 15) is 0 Å². The average molecular weight is 112 g/mol. The molecule has 0 aromatic rings. The zero-order chi connectivity index (χ0) is 5.11. The van der Waals surface area contributed by atoms with E-state index < -0.39 is 0 Å². The molecule has 1 atom stereocenters. The topological polar surface area (TPSA) is 0 Å². The van der Waals surface area contributed by atoms with Gasteiger partial charge in [-0.3, -0.25) is 0 Å². The number of hydrogen-bond donors (Lipinski definition) is 1. The van der Waals surface area contributed by atoms with Gasteiger partial charge in [0, 0.05) is 18.1 Å². The molecule has 0 aromatic heterocycles. The van der Waals surface area contributed by atoms with Crippen molar-refractivity contribution >= 4 is 12.6 Å². The van der Waals surface area contributed by atoms with Gasteiger partial charge < -0.3 is 0 Å². The van der Waals surface area contributed by atoms with Crippen molar-refractivity contribution in [3.05, 3.63) is 0 Å². The first-order valence-corrected chi connectivity index (χ1v) is 3.16. The zero-order valence-corrected chi connectivity index (χ0v) is 5.04. The molecule has 38 valence electrons. The van der Waals surface area contributed by atoms with Gasteiger partial charge in [0.15, 0.2) is 0 Å². The van der Waals surface area contributed by atoms with E-state index in [4.69, 9.17) is 0 Å². The summed E-state index contributed by atoms with van der Waals surface area (Å²) in [6.07, 6.45) is 2.30. The highest BCUT2D eigenvalue weighted by Gasteiger charge is 2.04. The molecule has 1 heteroatoms. The molecule has 0 saturated heterocycles. The van der Waals surface area contributed by atoms with E-state index in [2.05, 4.69) is 24.5 Å². The Kier molecular flexibility index (Phi) is 1.64. The largest absolute Gasteiger partial charge is 0.178 e. The molecule has 1 rings (SSSR count). The van der Waals surface area contributed by atoms with Crippen LogP contribution in [-0.4, -0.2) is 5.75 Å².